The number of unbranched alkanes of at least 4 members (excludes halogenated alkanes) is 4. The van der Waals surface area contributed by atoms with Gasteiger partial charge in [-0.15, -0.1) is 0 Å². The van der Waals surface area contributed by atoms with E-state index in [2.05, 4.69) is 41.5 Å². The van der Waals surface area contributed by atoms with Crippen LogP contribution in [0.1, 0.15) is 165 Å². The van der Waals surface area contributed by atoms with Crippen LogP contribution in [0.15, 0.2) is 0 Å². The number of hydrogen-bond acceptors (Lipinski definition) is 0. The lowest BCUT2D eigenvalue weighted by Crippen LogP contribution is -2.53. The van der Waals surface area contributed by atoms with E-state index in [0.717, 1.165) is 35.5 Å². The van der Waals surface area contributed by atoms with E-state index in [-0.39, 0.29) is 0 Å². The van der Waals surface area contributed by atoms with Gasteiger partial charge >= 0.3 is 0 Å². The smallest absolute Gasteiger partial charge is 0.0264 e. The van der Waals surface area contributed by atoms with Gasteiger partial charge in [-0.05, 0) is 97.7 Å². The molecule has 0 bridgehead atoms. The molecule has 0 aromatic carbocycles. The van der Waals surface area contributed by atoms with Crippen LogP contribution in [0.2, 0.25) is 0 Å². The van der Waals surface area contributed by atoms with Gasteiger partial charge in [0.1, 0.15) is 0 Å². The fraction of sp³-hybridized carbons (Fsp3) is 1.00. The summed E-state index contributed by atoms with van der Waals surface area (Å²) in [6.45, 7) is 18.8. The third-order valence-electron chi connectivity index (χ3n) is 11.4. The fourth-order valence-corrected chi connectivity index (χ4v) is 9.36. The maximum absolute atomic E-state index is 2.75. The average molecular weight is 461 g/mol. The molecule has 4 saturated carbocycles. The van der Waals surface area contributed by atoms with Crippen LogP contribution < -0.4 is 0 Å². The van der Waals surface area contributed by atoms with E-state index in [1.807, 2.05) is 13.8 Å². The van der Waals surface area contributed by atoms with Gasteiger partial charge in [0.25, 0.3) is 0 Å². The molecule has 0 saturated heterocycles. The molecule has 0 amide bonds. The van der Waals surface area contributed by atoms with Crippen molar-refractivity contribution < 1.29 is 0 Å². The minimum Gasteiger partial charge on any atom is -0.0683 e. The molecule has 8 atom stereocenters. The van der Waals surface area contributed by atoms with Crippen molar-refractivity contribution in [2.24, 2.45) is 46.3 Å². The summed E-state index contributed by atoms with van der Waals surface area (Å²) in [5.41, 5.74) is 1.40. The molecule has 0 N–H and O–H groups in total. The van der Waals surface area contributed by atoms with Crippen LogP contribution in [0, 0.1) is 46.3 Å². The highest BCUT2D eigenvalue weighted by Gasteiger charge is 2.59. The van der Waals surface area contributed by atoms with Crippen LogP contribution in [0.3, 0.4) is 0 Å². The minimum atomic E-state index is 0.684. The topological polar surface area (TPSA) is 0 Å². The van der Waals surface area contributed by atoms with Gasteiger partial charge in [-0.3, -0.25) is 0 Å². The third-order valence-corrected chi connectivity index (χ3v) is 11.4. The molecule has 7 unspecified atom stereocenters. The van der Waals surface area contributed by atoms with Gasteiger partial charge in [0, 0.05) is 0 Å². The van der Waals surface area contributed by atoms with E-state index in [1.54, 1.807) is 51.4 Å². The van der Waals surface area contributed by atoms with Crippen molar-refractivity contribution in [1.29, 1.82) is 0 Å². The molecule has 4 aliphatic rings. The van der Waals surface area contributed by atoms with E-state index in [4.69, 9.17) is 0 Å². The average Bonchev–Trinajstić information content (AvgIpc) is 3.20. The largest absolute Gasteiger partial charge is 0.0683 e. The highest BCUT2D eigenvalue weighted by Crippen LogP contribution is 2.68. The summed E-state index contributed by atoms with van der Waals surface area (Å²) >= 11 is 0. The normalized spacial score (nSPS) is 40.2. The zero-order valence-electron chi connectivity index (χ0n) is 24.5. The zero-order chi connectivity index (χ0) is 24.5. The second-order valence-corrected chi connectivity index (χ2v) is 13.0. The molecule has 0 nitrogen and oxygen atoms in total. The van der Waals surface area contributed by atoms with Crippen molar-refractivity contribution in [2.75, 3.05) is 0 Å². The van der Waals surface area contributed by atoms with Crippen molar-refractivity contribution in [3.05, 3.63) is 0 Å². The lowest BCUT2D eigenvalue weighted by Gasteiger charge is -2.61. The van der Waals surface area contributed by atoms with Crippen LogP contribution in [0.25, 0.3) is 0 Å². The lowest BCUT2D eigenvalue weighted by molar-refractivity contribution is -0.114. The number of hydrogen-bond donors (Lipinski definition) is 0. The summed E-state index contributed by atoms with van der Waals surface area (Å²) in [6.07, 6.45) is 25.5. The van der Waals surface area contributed by atoms with Crippen LogP contribution in [-0.4, -0.2) is 0 Å². The molecule has 0 heteroatoms. The van der Waals surface area contributed by atoms with E-state index in [1.165, 1.54) is 57.8 Å². The summed E-state index contributed by atoms with van der Waals surface area (Å²) in [7, 11) is 0. The predicted octanol–water partition coefficient (Wildman–Crippen LogP) is 11.5. The summed E-state index contributed by atoms with van der Waals surface area (Å²) in [5, 5.41) is 0. The molecule has 4 fully saturated rings. The molecule has 0 spiro atoms. The molecule has 4 aliphatic carbocycles. The highest BCUT2D eigenvalue weighted by atomic mass is 14.6. The summed E-state index contributed by atoms with van der Waals surface area (Å²) < 4.78 is 0. The first-order valence-corrected chi connectivity index (χ1v) is 15.9. The van der Waals surface area contributed by atoms with E-state index >= 15 is 0 Å². The Bertz CT molecular complexity index is 520. The molecule has 4 rings (SSSR count). The fourth-order valence-electron chi connectivity index (χ4n) is 9.36. The monoisotopic (exact) mass is 461 g/mol. The molecule has 33 heavy (non-hydrogen) atoms. The molecule has 0 aliphatic heterocycles. The Morgan fingerprint density at radius 1 is 0.667 bits per heavy atom. The quantitative estimate of drug-likeness (QED) is 0.331. The third kappa shape index (κ3) is 6.42. The van der Waals surface area contributed by atoms with Gasteiger partial charge in [-0.25, -0.2) is 0 Å². The van der Waals surface area contributed by atoms with Crippen LogP contribution in [-0.2, 0) is 0 Å². The molecule has 0 radical (unpaired) electrons. The maximum Gasteiger partial charge on any atom is -0.0264 e. The first-order valence-electron chi connectivity index (χ1n) is 15.9. The van der Waals surface area contributed by atoms with Crippen molar-refractivity contribution in [3.8, 4) is 0 Å². The van der Waals surface area contributed by atoms with Crippen molar-refractivity contribution >= 4 is 0 Å². The number of fused-ring (bicyclic) bond motifs is 5. The SMILES string of the molecule is CC.CCCC.CCCCCC[C@@H](C)C1CCC2C3CCC4CCCCC4(C)C3CCC21C. The zero-order valence-corrected chi connectivity index (χ0v) is 24.5. The maximum atomic E-state index is 2.75. The molecular formula is C33H64. The number of rotatable bonds is 7. The van der Waals surface area contributed by atoms with Gasteiger partial charge in [-0.2, -0.15) is 0 Å². The second-order valence-electron chi connectivity index (χ2n) is 13.0. The Morgan fingerprint density at radius 2 is 1.36 bits per heavy atom. The highest BCUT2D eigenvalue weighted by molar-refractivity contribution is 5.09. The van der Waals surface area contributed by atoms with Crippen molar-refractivity contribution in [1.82, 2.24) is 0 Å². The first kappa shape index (κ1) is 29.2. The Hall–Kier alpha value is 0. The van der Waals surface area contributed by atoms with Gasteiger partial charge in [0.15, 0.2) is 0 Å². The Kier molecular flexibility index (Phi) is 12.3. The van der Waals surface area contributed by atoms with Gasteiger partial charge < -0.3 is 0 Å². The standard InChI is InChI=1S/C27H48.C4H10.C2H6/c1-5-6-7-8-11-20(2)23-15-16-24-22-14-13-21-12-9-10-18-26(21,3)25(22)17-19-27(23,24)4;1-3-4-2;1-2/h20-25H,5-19H2,1-4H3;3-4H2,1-2H3;1-2H3/t20-,21?,22?,23?,24?,25?,26?,27?;;/m1../s1. The van der Waals surface area contributed by atoms with E-state index < -0.39 is 0 Å². The second kappa shape index (κ2) is 13.9. The van der Waals surface area contributed by atoms with E-state index in [0.29, 0.717) is 10.8 Å². The Balaban J connectivity index is 0.000000582. The van der Waals surface area contributed by atoms with Gasteiger partial charge in [0.2, 0.25) is 0 Å². The molecular weight excluding hydrogens is 396 g/mol. The van der Waals surface area contributed by atoms with Crippen LogP contribution >= 0.6 is 0 Å². The van der Waals surface area contributed by atoms with Crippen molar-refractivity contribution in [2.45, 2.75) is 165 Å². The van der Waals surface area contributed by atoms with Gasteiger partial charge in [-0.1, -0.05) is 113 Å². The molecule has 0 heterocycles. The first-order chi connectivity index (χ1) is 15.9. The van der Waals surface area contributed by atoms with Crippen molar-refractivity contribution in [3.63, 3.8) is 0 Å². The van der Waals surface area contributed by atoms with Crippen LogP contribution in [0.5, 0.6) is 0 Å². The minimum absolute atomic E-state index is 0.684. The Labute approximate surface area is 210 Å². The molecule has 196 valence electrons. The van der Waals surface area contributed by atoms with Crippen LogP contribution in [0.4, 0.5) is 0 Å². The summed E-state index contributed by atoms with van der Waals surface area (Å²) in [6, 6.07) is 0. The molecule has 0 aromatic heterocycles. The Morgan fingerprint density at radius 3 is 2.03 bits per heavy atom. The predicted molar refractivity (Wildman–Crippen MR) is 150 cm³/mol. The summed E-state index contributed by atoms with van der Waals surface area (Å²) in [5.74, 6) is 6.30. The lowest BCUT2D eigenvalue weighted by atomic mass is 9.44. The summed E-state index contributed by atoms with van der Waals surface area (Å²) in [4.78, 5) is 0. The van der Waals surface area contributed by atoms with E-state index in [9.17, 15) is 0 Å². The molecule has 0 aromatic rings. The van der Waals surface area contributed by atoms with Gasteiger partial charge in [0.05, 0.1) is 0 Å².